The van der Waals surface area contributed by atoms with Gasteiger partial charge in [0.15, 0.2) is 5.65 Å². The summed E-state index contributed by atoms with van der Waals surface area (Å²) in [6.45, 7) is 0.228. The predicted octanol–water partition coefficient (Wildman–Crippen LogP) is 4.98. The minimum Gasteiger partial charge on any atom is -0.364 e. The van der Waals surface area contributed by atoms with E-state index in [9.17, 15) is 4.79 Å². The largest absolute Gasteiger partial charge is 0.364 e. The fraction of sp³-hybridized carbons (Fsp3) is 0.0385. The average Bonchev–Trinajstić information content (AvgIpc) is 3.54. The number of pyridine rings is 3. The molecule has 0 aliphatic rings. The number of halogens is 1. The first-order valence-corrected chi connectivity index (χ1v) is 11.2. The molecular formula is C26H17ClN6O2. The Morgan fingerprint density at radius 2 is 1.69 bits per heavy atom. The number of hydrogen-bond acceptors (Lipinski definition) is 6. The highest BCUT2D eigenvalue weighted by molar-refractivity contribution is 6.30. The van der Waals surface area contributed by atoms with E-state index in [1.807, 2.05) is 54.6 Å². The first kappa shape index (κ1) is 21.0. The van der Waals surface area contributed by atoms with Gasteiger partial charge in [0.05, 0.1) is 12.2 Å². The van der Waals surface area contributed by atoms with E-state index < -0.39 is 0 Å². The molecule has 170 valence electrons. The highest BCUT2D eigenvalue weighted by atomic mass is 35.5. The molecule has 0 aliphatic heterocycles. The Hall–Kier alpha value is -4.56. The second-order valence-electron chi connectivity index (χ2n) is 7.90. The summed E-state index contributed by atoms with van der Waals surface area (Å²) in [5.41, 5.74) is 6.18. The minimum atomic E-state index is -0.250. The molecule has 0 radical (unpaired) electrons. The molecule has 5 heterocycles. The smallest absolute Gasteiger partial charge is 0.350 e. The van der Waals surface area contributed by atoms with Gasteiger partial charge in [0.1, 0.15) is 12.0 Å². The van der Waals surface area contributed by atoms with Crippen molar-refractivity contribution in [2.45, 2.75) is 6.54 Å². The number of hydrogen-bond donors (Lipinski definition) is 0. The third-order valence-corrected chi connectivity index (χ3v) is 6.00. The molecule has 0 aliphatic carbocycles. The van der Waals surface area contributed by atoms with E-state index in [-0.39, 0.29) is 12.2 Å². The van der Waals surface area contributed by atoms with Gasteiger partial charge in [-0.3, -0.25) is 9.97 Å². The number of fused-ring (bicyclic) bond motifs is 1. The summed E-state index contributed by atoms with van der Waals surface area (Å²) in [7, 11) is 0. The first-order valence-electron chi connectivity index (χ1n) is 10.8. The highest BCUT2D eigenvalue weighted by Gasteiger charge is 2.18. The maximum absolute atomic E-state index is 13.2. The molecule has 5 aromatic heterocycles. The minimum absolute atomic E-state index is 0.228. The topological polar surface area (TPSA) is 91.1 Å². The third kappa shape index (κ3) is 3.89. The van der Waals surface area contributed by atoms with Gasteiger partial charge in [-0.1, -0.05) is 28.9 Å². The lowest BCUT2D eigenvalue weighted by Crippen LogP contribution is -2.22. The van der Waals surface area contributed by atoms with E-state index >= 15 is 0 Å². The normalized spacial score (nSPS) is 11.2. The Labute approximate surface area is 204 Å². The first-order chi connectivity index (χ1) is 17.2. The van der Waals surface area contributed by atoms with Gasteiger partial charge in [-0.2, -0.15) is 0 Å². The molecule has 1 aromatic carbocycles. The van der Waals surface area contributed by atoms with Crippen molar-refractivity contribution in [3.05, 3.63) is 113 Å². The zero-order valence-electron chi connectivity index (χ0n) is 18.2. The lowest BCUT2D eigenvalue weighted by atomic mass is 9.96. The summed E-state index contributed by atoms with van der Waals surface area (Å²) in [5, 5.41) is 9.29. The van der Waals surface area contributed by atoms with Crippen molar-refractivity contribution in [1.82, 2.24) is 29.3 Å². The van der Waals surface area contributed by atoms with E-state index in [0.717, 1.165) is 27.8 Å². The molecule has 0 spiro atoms. The van der Waals surface area contributed by atoms with Crippen LogP contribution in [-0.2, 0) is 6.54 Å². The fourth-order valence-corrected chi connectivity index (χ4v) is 4.16. The fourth-order valence-electron chi connectivity index (χ4n) is 4.04. The molecule has 35 heavy (non-hydrogen) atoms. The molecule has 0 unspecified atom stereocenters. The summed E-state index contributed by atoms with van der Waals surface area (Å²) < 4.78 is 7.87. The molecule has 0 amide bonds. The number of aromatic nitrogens is 6. The molecule has 0 atom stereocenters. The molecule has 0 saturated carbocycles. The Balaban J connectivity index is 1.46. The van der Waals surface area contributed by atoms with Crippen molar-refractivity contribution in [3.8, 4) is 33.5 Å². The predicted molar refractivity (Wildman–Crippen MR) is 132 cm³/mol. The van der Waals surface area contributed by atoms with Gasteiger partial charge in [0.25, 0.3) is 0 Å². The van der Waals surface area contributed by atoms with Crippen LogP contribution in [0.25, 0.3) is 39.2 Å². The van der Waals surface area contributed by atoms with Gasteiger partial charge in [0, 0.05) is 47.0 Å². The Morgan fingerprint density at radius 3 is 2.40 bits per heavy atom. The molecule has 0 bridgehead atoms. The Bertz CT molecular complexity index is 1670. The Kier molecular flexibility index (Phi) is 5.20. The lowest BCUT2D eigenvalue weighted by Gasteiger charge is -2.11. The second-order valence-corrected chi connectivity index (χ2v) is 8.34. The lowest BCUT2D eigenvalue weighted by molar-refractivity contribution is 0.422. The van der Waals surface area contributed by atoms with Crippen LogP contribution < -0.4 is 5.69 Å². The third-order valence-electron chi connectivity index (χ3n) is 5.75. The van der Waals surface area contributed by atoms with Gasteiger partial charge in [-0.25, -0.2) is 13.9 Å². The van der Waals surface area contributed by atoms with Crippen LogP contribution in [0.4, 0.5) is 0 Å². The quantitative estimate of drug-likeness (QED) is 0.345. The SMILES string of the molecule is O=c1n(Cc2ccc(-c3ccon3)cn2)nc2c(-c3ccncc3)c(-c3ccc(Cl)cc3)ccn12. The number of benzene rings is 1. The van der Waals surface area contributed by atoms with Crippen LogP contribution in [0.15, 0.2) is 101 Å². The van der Waals surface area contributed by atoms with Gasteiger partial charge in [-0.05, 0) is 59.2 Å². The molecule has 8 nitrogen and oxygen atoms in total. The molecular weight excluding hydrogens is 464 g/mol. The van der Waals surface area contributed by atoms with Crippen LogP contribution in [0, 0.1) is 0 Å². The van der Waals surface area contributed by atoms with E-state index in [4.69, 9.17) is 21.2 Å². The highest BCUT2D eigenvalue weighted by Crippen LogP contribution is 2.34. The molecule has 6 rings (SSSR count). The Morgan fingerprint density at radius 1 is 0.886 bits per heavy atom. The monoisotopic (exact) mass is 480 g/mol. The van der Waals surface area contributed by atoms with E-state index in [1.165, 1.54) is 10.9 Å². The number of rotatable bonds is 5. The van der Waals surface area contributed by atoms with Crippen molar-refractivity contribution in [3.63, 3.8) is 0 Å². The molecule has 0 fully saturated rings. The summed E-state index contributed by atoms with van der Waals surface area (Å²) in [4.78, 5) is 21.9. The standard InChI is InChI=1S/C26H17ClN6O2/c27-20-4-1-17(2-5-20)22-9-13-32-25(24(22)18-7-11-28-12-8-18)30-33(26(32)34)16-21-6-3-19(15-29-21)23-10-14-35-31-23/h1-15H,16H2. The number of nitrogens with zero attached hydrogens (tertiary/aromatic N) is 6. The van der Waals surface area contributed by atoms with Gasteiger partial charge >= 0.3 is 5.69 Å². The molecule has 9 heteroatoms. The van der Waals surface area contributed by atoms with Crippen molar-refractivity contribution in [1.29, 1.82) is 0 Å². The zero-order valence-corrected chi connectivity index (χ0v) is 19.0. The van der Waals surface area contributed by atoms with E-state index in [2.05, 4.69) is 15.1 Å². The maximum Gasteiger partial charge on any atom is 0.350 e. The van der Waals surface area contributed by atoms with E-state index in [0.29, 0.717) is 22.1 Å². The van der Waals surface area contributed by atoms with Crippen molar-refractivity contribution in [2.24, 2.45) is 0 Å². The van der Waals surface area contributed by atoms with E-state index in [1.54, 1.807) is 35.3 Å². The van der Waals surface area contributed by atoms with Crippen molar-refractivity contribution < 1.29 is 4.52 Å². The van der Waals surface area contributed by atoms with Crippen molar-refractivity contribution in [2.75, 3.05) is 0 Å². The van der Waals surface area contributed by atoms with Gasteiger partial charge in [-0.15, -0.1) is 5.10 Å². The average molecular weight is 481 g/mol. The molecule has 0 N–H and O–H groups in total. The van der Waals surface area contributed by atoms with Gasteiger partial charge in [0.2, 0.25) is 0 Å². The summed E-state index contributed by atoms with van der Waals surface area (Å²) in [5.74, 6) is 0. The zero-order chi connectivity index (χ0) is 23.8. The van der Waals surface area contributed by atoms with Crippen molar-refractivity contribution >= 4 is 17.2 Å². The van der Waals surface area contributed by atoms with Crippen LogP contribution in [0.3, 0.4) is 0 Å². The summed E-state index contributed by atoms with van der Waals surface area (Å²) in [6.07, 6.45) is 8.41. The van der Waals surface area contributed by atoms with Gasteiger partial charge < -0.3 is 4.52 Å². The van der Waals surface area contributed by atoms with Crippen LogP contribution in [0.1, 0.15) is 5.69 Å². The molecule has 6 aromatic rings. The summed E-state index contributed by atoms with van der Waals surface area (Å²) >= 11 is 6.11. The van der Waals surface area contributed by atoms with Crippen LogP contribution >= 0.6 is 11.6 Å². The van der Waals surface area contributed by atoms with Crippen LogP contribution in [-0.4, -0.2) is 29.3 Å². The van der Waals surface area contributed by atoms with Crippen LogP contribution in [0.5, 0.6) is 0 Å². The summed E-state index contributed by atoms with van der Waals surface area (Å²) in [6, 6.07) is 18.8. The maximum atomic E-state index is 13.2. The van der Waals surface area contributed by atoms with Crippen LogP contribution in [0.2, 0.25) is 5.02 Å². The molecule has 0 saturated heterocycles. The second kappa shape index (κ2) is 8.66.